The van der Waals surface area contributed by atoms with Crippen molar-refractivity contribution < 1.29 is 4.74 Å². The van der Waals surface area contributed by atoms with Crippen molar-refractivity contribution >= 4 is 36.4 Å². The Kier molecular flexibility index (Phi) is 12.8. The minimum absolute atomic E-state index is 0.822. The van der Waals surface area contributed by atoms with Gasteiger partial charge in [-0.25, -0.2) is 4.99 Å². The van der Waals surface area contributed by atoms with E-state index >= 15 is 0 Å². The zero-order chi connectivity index (χ0) is 28.0. The van der Waals surface area contributed by atoms with E-state index in [0.717, 1.165) is 31.5 Å². The molecule has 4 rings (SSSR count). The average Bonchev–Trinajstić information content (AvgIpc) is 2.98. The third kappa shape index (κ3) is 8.79. The first-order chi connectivity index (χ1) is 19.6. The van der Waals surface area contributed by atoms with Crippen molar-refractivity contribution in [3.63, 3.8) is 0 Å². The van der Waals surface area contributed by atoms with Crippen molar-refractivity contribution in [1.82, 2.24) is 0 Å². The van der Waals surface area contributed by atoms with Gasteiger partial charge in [-0.05, 0) is 45.9 Å². The van der Waals surface area contributed by atoms with E-state index in [9.17, 15) is 0 Å². The Labute approximate surface area is 246 Å². The number of nitrogens with zero attached hydrogens (tertiary/aromatic N) is 2. The van der Waals surface area contributed by atoms with Crippen molar-refractivity contribution in [3.8, 4) is 0 Å². The van der Waals surface area contributed by atoms with E-state index in [1.54, 1.807) is 0 Å². The van der Waals surface area contributed by atoms with E-state index in [1.807, 2.05) is 0 Å². The highest BCUT2D eigenvalue weighted by Gasteiger charge is 2.37. The van der Waals surface area contributed by atoms with E-state index in [2.05, 4.69) is 61.3 Å². The minimum atomic E-state index is -1.90. The summed E-state index contributed by atoms with van der Waals surface area (Å²) >= 11 is 0. The summed E-state index contributed by atoms with van der Waals surface area (Å²) in [4.78, 5) is 7.61. The van der Waals surface area contributed by atoms with Gasteiger partial charge >= 0.3 is 0 Å². The van der Waals surface area contributed by atoms with E-state index in [-0.39, 0.29) is 0 Å². The normalized spacial score (nSPS) is 18.3. The van der Waals surface area contributed by atoms with Crippen LogP contribution in [0.3, 0.4) is 0 Å². The zero-order valence-corrected chi connectivity index (χ0v) is 26.8. The molecule has 0 radical (unpaired) electrons. The van der Waals surface area contributed by atoms with Crippen LogP contribution >= 0.6 is 0 Å². The summed E-state index contributed by atoms with van der Waals surface area (Å²) in [6.07, 6.45) is 22.7. The summed E-state index contributed by atoms with van der Waals surface area (Å²) in [6.45, 7) is 12.8. The fraction of sp³-hybridized carbons (Fsp3) is 0.639. The van der Waals surface area contributed by atoms with Gasteiger partial charge in [0.25, 0.3) is 0 Å². The number of unbranched alkanes of at least 4 members (excludes halogenated alkanes) is 15. The molecule has 2 aliphatic rings. The van der Waals surface area contributed by atoms with Gasteiger partial charge in [-0.1, -0.05) is 135 Å². The molecule has 1 atom stereocenters. The van der Waals surface area contributed by atoms with Gasteiger partial charge in [0.1, 0.15) is 8.07 Å². The first-order valence-electron chi connectivity index (χ1n) is 16.8. The van der Waals surface area contributed by atoms with Crippen LogP contribution in [-0.2, 0) is 4.74 Å². The molecule has 3 nitrogen and oxygen atoms in total. The molecule has 0 spiro atoms. The monoisotopic (exact) mass is 560 g/mol. The Morgan fingerprint density at radius 1 is 0.725 bits per heavy atom. The maximum absolute atomic E-state index is 5.62. The molecule has 0 amide bonds. The number of hydrogen-bond donors (Lipinski definition) is 0. The van der Waals surface area contributed by atoms with Gasteiger partial charge in [-0.2, -0.15) is 0 Å². The van der Waals surface area contributed by atoms with Crippen molar-refractivity contribution in [3.05, 3.63) is 47.0 Å². The lowest BCUT2D eigenvalue weighted by atomic mass is 10.0. The molecule has 40 heavy (non-hydrogen) atoms. The Balaban J connectivity index is 1.22. The number of anilines is 1. The summed E-state index contributed by atoms with van der Waals surface area (Å²) in [6, 6.07) is 15.0. The summed E-state index contributed by atoms with van der Waals surface area (Å²) in [5.41, 5.74) is 2.55. The maximum atomic E-state index is 5.62. The van der Waals surface area contributed by atoms with Crippen LogP contribution in [0.1, 0.15) is 110 Å². The van der Waals surface area contributed by atoms with Crippen LogP contribution in [0.25, 0.3) is 6.58 Å². The van der Waals surface area contributed by atoms with E-state index < -0.39 is 8.07 Å². The quantitative estimate of drug-likeness (QED) is 0.138. The highest BCUT2D eigenvalue weighted by molar-refractivity contribution is 7.02. The Morgan fingerprint density at radius 3 is 1.90 bits per heavy atom. The standard InChI is InChI=1S/C36H56N2OSi/c1-4-5-6-7-8-9-10-11-12-13-14-15-16-17-18-19-28-40(3)35-29-31(2)20-22-33(35)37-34-23-21-32(30-36(34)40)38-24-26-39-27-25-38/h20-23,29-30H,2,4-19,24-28H2,1,3H3. The second kappa shape index (κ2) is 16.5. The van der Waals surface area contributed by atoms with Gasteiger partial charge in [-0.15, -0.1) is 0 Å². The molecule has 2 aromatic carbocycles. The molecule has 1 saturated heterocycles. The highest BCUT2D eigenvalue weighted by Crippen LogP contribution is 2.27. The van der Waals surface area contributed by atoms with Crippen molar-refractivity contribution in [1.29, 1.82) is 0 Å². The van der Waals surface area contributed by atoms with Crippen LogP contribution in [0.4, 0.5) is 11.4 Å². The van der Waals surface area contributed by atoms with E-state index in [0.29, 0.717) is 0 Å². The Morgan fingerprint density at radius 2 is 1.30 bits per heavy atom. The fourth-order valence-electron chi connectivity index (χ4n) is 6.78. The molecule has 2 heterocycles. The molecule has 2 aliphatic heterocycles. The number of fused-ring (bicyclic) bond motifs is 2. The molecule has 220 valence electrons. The van der Waals surface area contributed by atoms with Crippen molar-refractivity contribution in [2.24, 2.45) is 4.99 Å². The summed E-state index contributed by atoms with van der Waals surface area (Å²) < 4.78 is 5.62. The first kappa shape index (κ1) is 31.0. The first-order valence-corrected chi connectivity index (χ1v) is 19.5. The van der Waals surface area contributed by atoms with Gasteiger partial charge in [0.15, 0.2) is 0 Å². The second-order valence-electron chi connectivity index (χ2n) is 12.6. The van der Waals surface area contributed by atoms with Crippen LogP contribution < -0.4 is 25.8 Å². The minimum Gasteiger partial charge on any atom is -0.378 e. The molecule has 0 aliphatic carbocycles. The molecule has 2 aromatic rings. The van der Waals surface area contributed by atoms with E-state index in [4.69, 9.17) is 9.73 Å². The van der Waals surface area contributed by atoms with Gasteiger partial charge in [0.05, 0.1) is 24.3 Å². The molecule has 1 unspecified atom stereocenters. The Bertz CT molecular complexity index is 1140. The lowest BCUT2D eigenvalue weighted by Gasteiger charge is -2.35. The van der Waals surface area contributed by atoms with Crippen LogP contribution in [0.15, 0.2) is 41.4 Å². The lowest BCUT2D eigenvalue weighted by Crippen LogP contribution is -2.63. The lowest BCUT2D eigenvalue weighted by molar-refractivity contribution is 0.122. The van der Waals surface area contributed by atoms with Gasteiger partial charge in [-0.3, -0.25) is 0 Å². The summed E-state index contributed by atoms with van der Waals surface area (Å²) in [7, 11) is -1.90. The summed E-state index contributed by atoms with van der Waals surface area (Å²) in [5, 5.41) is 5.32. The molecule has 0 aromatic heterocycles. The van der Waals surface area contributed by atoms with Gasteiger partial charge < -0.3 is 9.64 Å². The molecular formula is C36H56N2OSi. The van der Waals surface area contributed by atoms with Crippen LogP contribution in [-0.4, -0.2) is 34.4 Å². The number of morpholine rings is 1. The predicted molar refractivity (Wildman–Crippen MR) is 177 cm³/mol. The summed E-state index contributed by atoms with van der Waals surface area (Å²) in [5.74, 6) is 0. The molecule has 0 bridgehead atoms. The zero-order valence-electron chi connectivity index (χ0n) is 25.8. The van der Waals surface area contributed by atoms with Crippen LogP contribution in [0.2, 0.25) is 12.6 Å². The molecule has 0 N–H and O–H groups in total. The van der Waals surface area contributed by atoms with Crippen LogP contribution in [0.5, 0.6) is 0 Å². The Hall–Kier alpha value is -1.91. The topological polar surface area (TPSA) is 24.8 Å². The third-order valence-electron chi connectivity index (χ3n) is 9.38. The van der Waals surface area contributed by atoms with Gasteiger partial charge in [0, 0.05) is 18.8 Å². The maximum Gasteiger partial charge on any atom is 0.120 e. The average molecular weight is 561 g/mol. The number of hydrogen-bond acceptors (Lipinski definition) is 3. The van der Waals surface area contributed by atoms with E-state index in [1.165, 1.54) is 136 Å². The van der Waals surface area contributed by atoms with Crippen molar-refractivity contribution in [2.75, 3.05) is 31.2 Å². The van der Waals surface area contributed by atoms with Crippen molar-refractivity contribution in [2.45, 2.75) is 122 Å². The number of benzene rings is 2. The van der Waals surface area contributed by atoms with Gasteiger partial charge in [0.2, 0.25) is 0 Å². The SMILES string of the molecule is C=c1ccc2c(c1)[Si](C)(CCCCCCCCCCCCCCCCCC)c1cc(N3CCOCC3)ccc1N=2. The smallest absolute Gasteiger partial charge is 0.120 e. The highest BCUT2D eigenvalue weighted by atomic mass is 28.3. The number of ether oxygens (including phenoxy) is 1. The molecule has 4 heteroatoms. The molecule has 1 fully saturated rings. The number of rotatable bonds is 18. The predicted octanol–water partition coefficient (Wildman–Crippen LogP) is 7.65. The third-order valence-corrected chi connectivity index (χ3v) is 13.9. The van der Waals surface area contributed by atoms with Crippen LogP contribution in [0, 0.1) is 0 Å². The molecular weight excluding hydrogens is 504 g/mol. The second-order valence-corrected chi connectivity index (χ2v) is 16.9. The molecule has 0 saturated carbocycles. The fourth-order valence-corrected chi connectivity index (χ4v) is 10.9. The largest absolute Gasteiger partial charge is 0.378 e.